The van der Waals surface area contributed by atoms with Crippen LogP contribution in [0.1, 0.15) is 18.9 Å². The van der Waals surface area contributed by atoms with E-state index < -0.39 is 30.0 Å². The van der Waals surface area contributed by atoms with E-state index in [9.17, 15) is 30.7 Å². The number of hydrogen-bond acceptors (Lipinski definition) is 1. The zero-order valence-electron chi connectivity index (χ0n) is 11.4. The van der Waals surface area contributed by atoms with E-state index in [4.69, 9.17) is 4.74 Å². The van der Waals surface area contributed by atoms with Crippen molar-refractivity contribution in [1.82, 2.24) is 0 Å². The van der Waals surface area contributed by atoms with Gasteiger partial charge in [0.2, 0.25) is 0 Å². The Morgan fingerprint density at radius 3 is 1.77 bits per heavy atom. The summed E-state index contributed by atoms with van der Waals surface area (Å²) in [5.74, 6) is -11.5. The van der Waals surface area contributed by atoms with Gasteiger partial charge in [-0.05, 0) is 47.2 Å². The minimum atomic E-state index is -6.35. The van der Waals surface area contributed by atoms with Gasteiger partial charge >= 0.3 is 18.0 Å². The summed E-state index contributed by atoms with van der Waals surface area (Å²) >= 11 is 1.93. The maximum Gasteiger partial charge on any atom is 0.459 e. The molecule has 126 valence electrons. The highest BCUT2D eigenvalue weighted by atomic mass is 127. The van der Waals surface area contributed by atoms with Gasteiger partial charge < -0.3 is 4.74 Å². The highest BCUT2D eigenvalue weighted by Crippen LogP contribution is 2.51. The Bertz CT molecular complexity index is 512. The third kappa shape index (κ3) is 3.66. The molecule has 0 aromatic heterocycles. The molecule has 9 heteroatoms. The normalized spacial score (nSPS) is 16.5. The average Bonchev–Trinajstić information content (AvgIpc) is 2.37. The SMILES string of the molecule is COC(C)(CC(F)(F)C(F)(F)C(F)(F)F)c1ccc(I)cc1. The van der Waals surface area contributed by atoms with E-state index >= 15 is 0 Å². The van der Waals surface area contributed by atoms with Crippen LogP contribution in [0.25, 0.3) is 0 Å². The molecule has 0 aliphatic rings. The fourth-order valence-electron chi connectivity index (χ4n) is 1.84. The molecule has 0 N–H and O–H groups in total. The second kappa shape index (κ2) is 6.14. The molecule has 1 aromatic rings. The van der Waals surface area contributed by atoms with Crippen molar-refractivity contribution >= 4 is 22.6 Å². The molecular weight excluding hydrogens is 432 g/mol. The second-order valence-corrected chi connectivity index (χ2v) is 6.14. The topological polar surface area (TPSA) is 9.23 Å². The van der Waals surface area contributed by atoms with Gasteiger partial charge in [-0.15, -0.1) is 0 Å². The Kier molecular flexibility index (Phi) is 5.43. The van der Waals surface area contributed by atoms with Crippen molar-refractivity contribution in [1.29, 1.82) is 0 Å². The Morgan fingerprint density at radius 2 is 1.41 bits per heavy atom. The lowest BCUT2D eigenvalue weighted by Gasteiger charge is -2.36. The van der Waals surface area contributed by atoms with Crippen molar-refractivity contribution in [3.63, 3.8) is 0 Å². The fraction of sp³-hybridized carbons (Fsp3) is 0.538. The van der Waals surface area contributed by atoms with Crippen molar-refractivity contribution in [2.24, 2.45) is 0 Å². The maximum absolute atomic E-state index is 13.6. The van der Waals surface area contributed by atoms with E-state index in [0.717, 1.165) is 17.6 Å². The molecule has 0 aliphatic heterocycles. The summed E-state index contributed by atoms with van der Waals surface area (Å²) in [6, 6.07) is 5.70. The monoisotopic (exact) mass is 444 g/mol. The van der Waals surface area contributed by atoms with Gasteiger partial charge in [0.25, 0.3) is 0 Å². The van der Waals surface area contributed by atoms with Gasteiger partial charge in [-0.25, -0.2) is 0 Å². The van der Waals surface area contributed by atoms with E-state index in [1.54, 1.807) is 0 Å². The molecule has 0 saturated heterocycles. The number of alkyl halides is 7. The lowest BCUT2D eigenvalue weighted by atomic mass is 9.87. The van der Waals surface area contributed by atoms with Crippen molar-refractivity contribution in [3.8, 4) is 0 Å². The molecule has 1 aromatic carbocycles. The Hall–Kier alpha value is -0.580. The summed E-state index contributed by atoms with van der Waals surface area (Å²) < 4.78 is 95.4. The number of ether oxygens (including phenoxy) is 1. The van der Waals surface area contributed by atoms with Crippen LogP contribution in [-0.4, -0.2) is 25.1 Å². The van der Waals surface area contributed by atoms with Crippen LogP contribution in [-0.2, 0) is 10.3 Å². The van der Waals surface area contributed by atoms with Crippen LogP contribution in [0.5, 0.6) is 0 Å². The van der Waals surface area contributed by atoms with Gasteiger partial charge in [-0.1, -0.05) is 12.1 Å². The third-order valence-electron chi connectivity index (χ3n) is 3.28. The smallest absolute Gasteiger partial charge is 0.374 e. The fourth-order valence-corrected chi connectivity index (χ4v) is 2.20. The molecule has 0 spiro atoms. The Labute approximate surface area is 136 Å². The molecule has 0 fully saturated rings. The van der Waals surface area contributed by atoms with Crippen LogP contribution in [0, 0.1) is 3.57 Å². The van der Waals surface area contributed by atoms with Crippen LogP contribution in [0.2, 0.25) is 0 Å². The molecule has 22 heavy (non-hydrogen) atoms. The number of halogens is 8. The number of benzene rings is 1. The second-order valence-electron chi connectivity index (χ2n) is 4.90. The van der Waals surface area contributed by atoms with Crippen LogP contribution >= 0.6 is 22.6 Å². The van der Waals surface area contributed by atoms with Crippen LogP contribution in [0.4, 0.5) is 30.7 Å². The number of hydrogen-bond donors (Lipinski definition) is 0. The molecule has 0 radical (unpaired) electrons. The van der Waals surface area contributed by atoms with Crippen molar-refractivity contribution in [2.75, 3.05) is 7.11 Å². The summed E-state index contributed by atoms with van der Waals surface area (Å²) in [6.45, 7) is 1.04. The van der Waals surface area contributed by atoms with Gasteiger partial charge in [0.05, 0.1) is 12.0 Å². The molecule has 0 bridgehead atoms. The van der Waals surface area contributed by atoms with Crippen molar-refractivity contribution in [2.45, 2.75) is 37.0 Å². The van der Waals surface area contributed by atoms with Gasteiger partial charge in [-0.2, -0.15) is 30.7 Å². The first-order valence-electron chi connectivity index (χ1n) is 5.90. The minimum absolute atomic E-state index is 0.0769. The molecular formula is C13H12F7IO. The highest BCUT2D eigenvalue weighted by Gasteiger charge is 2.73. The van der Waals surface area contributed by atoms with Gasteiger partial charge in [0.15, 0.2) is 0 Å². The molecule has 0 amide bonds. The van der Waals surface area contributed by atoms with E-state index in [1.165, 1.54) is 24.3 Å². The number of methoxy groups -OCH3 is 1. The summed E-state index contributed by atoms with van der Waals surface area (Å²) in [4.78, 5) is 0. The zero-order valence-corrected chi connectivity index (χ0v) is 13.6. The lowest BCUT2D eigenvalue weighted by Crippen LogP contribution is -2.54. The highest BCUT2D eigenvalue weighted by molar-refractivity contribution is 14.1. The zero-order chi connectivity index (χ0) is 17.4. The first-order valence-corrected chi connectivity index (χ1v) is 6.98. The molecule has 0 heterocycles. The predicted octanol–water partition coefficient (Wildman–Crippen LogP) is 5.38. The summed E-state index contributed by atoms with van der Waals surface area (Å²) in [6.07, 6.45) is -8.17. The molecule has 0 saturated carbocycles. The van der Waals surface area contributed by atoms with E-state index in [2.05, 4.69) is 0 Å². The summed E-state index contributed by atoms with van der Waals surface area (Å²) in [5, 5.41) is 0. The first kappa shape index (κ1) is 19.5. The largest absolute Gasteiger partial charge is 0.459 e. The maximum atomic E-state index is 13.6. The van der Waals surface area contributed by atoms with Crippen molar-refractivity contribution in [3.05, 3.63) is 33.4 Å². The molecule has 0 aliphatic carbocycles. The van der Waals surface area contributed by atoms with Crippen LogP contribution in [0.15, 0.2) is 24.3 Å². The molecule has 1 nitrogen and oxygen atoms in total. The summed E-state index contributed by atoms with van der Waals surface area (Å²) in [5.41, 5.74) is -1.92. The first-order chi connectivity index (χ1) is 9.77. The van der Waals surface area contributed by atoms with E-state index in [-0.39, 0.29) is 5.56 Å². The van der Waals surface area contributed by atoms with E-state index in [0.29, 0.717) is 0 Å². The van der Waals surface area contributed by atoms with Gasteiger partial charge in [0.1, 0.15) is 0 Å². The standard InChI is InChI=1S/C13H12F7IO/c1-10(22-2,8-3-5-9(21)6-4-8)7-11(14,15)12(16,17)13(18,19)20/h3-6H,7H2,1-2H3. The Balaban J connectivity index is 3.19. The van der Waals surface area contributed by atoms with Crippen molar-refractivity contribution < 1.29 is 35.5 Å². The van der Waals surface area contributed by atoms with Gasteiger partial charge in [-0.3, -0.25) is 0 Å². The minimum Gasteiger partial charge on any atom is -0.374 e. The Morgan fingerprint density at radius 1 is 0.955 bits per heavy atom. The van der Waals surface area contributed by atoms with Crippen LogP contribution < -0.4 is 0 Å². The summed E-state index contributed by atoms with van der Waals surface area (Å²) in [7, 11) is 0.972. The van der Waals surface area contributed by atoms with E-state index in [1.807, 2.05) is 22.6 Å². The molecule has 1 atom stereocenters. The average molecular weight is 444 g/mol. The lowest BCUT2D eigenvalue weighted by molar-refractivity contribution is -0.361. The quantitative estimate of drug-likeness (QED) is 0.438. The number of rotatable bonds is 5. The van der Waals surface area contributed by atoms with Crippen LogP contribution in [0.3, 0.4) is 0 Å². The van der Waals surface area contributed by atoms with Gasteiger partial charge in [0, 0.05) is 10.7 Å². The third-order valence-corrected chi connectivity index (χ3v) is 4.00. The molecule has 1 unspecified atom stereocenters. The predicted molar refractivity (Wildman–Crippen MR) is 74.1 cm³/mol. The molecule has 1 rings (SSSR count).